The van der Waals surface area contributed by atoms with Crippen molar-refractivity contribution in [3.63, 3.8) is 0 Å². The maximum atomic E-state index is 12.5. The van der Waals surface area contributed by atoms with Crippen LogP contribution in [-0.4, -0.2) is 40.6 Å². The van der Waals surface area contributed by atoms with Crippen LogP contribution in [0.25, 0.3) is 10.9 Å². The van der Waals surface area contributed by atoms with E-state index in [4.69, 9.17) is 0 Å². The van der Waals surface area contributed by atoms with Gasteiger partial charge in [-0.05, 0) is 38.4 Å². The fraction of sp³-hybridized carbons (Fsp3) is 0.524. The smallest absolute Gasteiger partial charge is 0.244 e. The van der Waals surface area contributed by atoms with E-state index >= 15 is 0 Å². The molecule has 1 aromatic heterocycles. The van der Waals surface area contributed by atoms with Gasteiger partial charge in [0.15, 0.2) is 0 Å². The van der Waals surface area contributed by atoms with Crippen LogP contribution in [0.3, 0.4) is 0 Å². The van der Waals surface area contributed by atoms with Gasteiger partial charge in [-0.25, -0.2) is 5.43 Å². The number of nitrogens with one attached hydrogen (secondary N) is 2. The number of rotatable bonds is 3. The zero-order valence-electron chi connectivity index (χ0n) is 15.7. The van der Waals surface area contributed by atoms with Crippen molar-refractivity contribution in [1.82, 2.24) is 15.3 Å². The summed E-state index contributed by atoms with van der Waals surface area (Å²) >= 11 is 0. The SMILES string of the molecule is CC1C/C(=N/NC(=O)Cc2c[nH]c3ccccc23)C2CCCCC2N1C. The van der Waals surface area contributed by atoms with Gasteiger partial charge in [0.1, 0.15) is 0 Å². The summed E-state index contributed by atoms with van der Waals surface area (Å²) in [4.78, 5) is 18.2. The molecule has 2 aliphatic rings. The van der Waals surface area contributed by atoms with Crippen molar-refractivity contribution in [2.45, 2.75) is 57.5 Å². The monoisotopic (exact) mass is 352 g/mol. The Labute approximate surface area is 154 Å². The molecule has 0 radical (unpaired) electrons. The lowest BCUT2D eigenvalue weighted by Gasteiger charge is -2.46. The van der Waals surface area contributed by atoms with Crippen LogP contribution in [0.1, 0.15) is 44.6 Å². The van der Waals surface area contributed by atoms with Crippen molar-refractivity contribution in [2.75, 3.05) is 7.05 Å². The molecule has 0 spiro atoms. The highest BCUT2D eigenvalue weighted by Gasteiger charge is 2.38. The summed E-state index contributed by atoms with van der Waals surface area (Å²) in [6, 6.07) is 9.14. The molecule has 2 N–H and O–H groups in total. The third-order valence-corrected chi connectivity index (χ3v) is 6.23. The second kappa shape index (κ2) is 7.23. The molecule has 1 aromatic carbocycles. The van der Waals surface area contributed by atoms with E-state index in [-0.39, 0.29) is 5.91 Å². The molecule has 1 saturated carbocycles. The Hall–Kier alpha value is -2.14. The molecule has 2 heterocycles. The van der Waals surface area contributed by atoms with Gasteiger partial charge in [-0.2, -0.15) is 5.10 Å². The average molecular weight is 352 g/mol. The molecule has 4 rings (SSSR count). The number of fused-ring (bicyclic) bond motifs is 2. The van der Waals surface area contributed by atoms with Gasteiger partial charge in [-0.1, -0.05) is 31.0 Å². The average Bonchev–Trinajstić information content (AvgIpc) is 3.06. The van der Waals surface area contributed by atoms with Gasteiger partial charge in [-0.15, -0.1) is 0 Å². The first-order chi connectivity index (χ1) is 12.6. The number of carbonyl (C=O) groups is 1. The van der Waals surface area contributed by atoms with Crippen molar-refractivity contribution in [3.8, 4) is 0 Å². The first-order valence-electron chi connectivity index (χ1n) is 9.75. The molecule has 1 aliphatic carbocycles. The molecule has 1 aliphatic heterocycles. The Morgan fingerprint density at radius 2 is 2.12 bits per heavy atom. The molecule has 3 unspecified atom stereocenters. The number of H-pyrrole nitrogens is 1. The Bertz CT molecular complexity index is 824. The molecule has 0 bridgehead atoms. The molecule has 2 fully saturated rings. The number of likely N-dealkylation sites (tertiary alicyclic amines) is 1. The molecule has 2 aromatic rings. The van der Waals surface area contributed by atoms with E-state index in [1.807, 2.05) is 30.5 Å². The Morgan fingerprint density at radius 1 is 1.31 bits per heavy atom. The summed E-state index contributed by atoms with van der Waals surface area (Å²) in [5, 5.41) is 5.70. The zero-order valence-corrected chi connectivity index (χ0v) is 15.7. The number of aromatic nitrogens is 1. The normalized spacial score (nSPS) is 28.2. The van der Waals surface area contributed by atoms with E-state index in [2.05, 4.69) is 34.4 Å². The highest BCUT2D eigenvalue weighted by molar-refractivity contribution is 5.92. The molecule has 1 saturated heterocycles. The van der Waals surface area contributed by atoms with Crippen LogP contribution < -0.4 is 5.43 Å². The number of nitrogens with zero attached hydrogens (tertiary/aromatic N) is 2. The second-order valence-corrected chi connectivity index (χ2v) is 7.85. The minimum Gasteiger partial charge on any atom is -0.361 e. The lowest BCUT2D eigenvalue weighted by atomic mass is 9.75. The van der Waals surface area contributed by atoms with E-state index in [0.29, 0.717) is 24.4 Å². The molecule has 1 amide bonds. The number of hydrogen-bond acceptors (Lipinski definition) is 3. The number of aromatic amines is 1. The summed E-state index contributed by atoms with van der Waals surface area (Å²) < 4.78 is 0. The minimum atomic E-state index is -0.0406. The summed E-state index contributed by atoms with van der Waals surface area (Å²) in [6.45, 7) is 2.26. The van der Waals surface area contributed by atoms with Crippen LogP contribution in [0, 0.1) is 5.92 Å². The standard InChI is InChI=1S/C21H28N4O/c1-14-11-19(17-8-4-6-10-20(17)25(14)2)23-24-21(26)12-15-13-22-18-9-5-3-7-16(15)18/h3,5,7,9,13-14,17,20,22H,4,6,8,10-12H2,1-2H3,(H,24,26)/b23-19-. The van der Waals surface area contributed by atoms with Gasteiger partial charge in [-0.3, -0.25) is 9.69 Å². The van der Waals surface area contributed by atoms with Crippen LogP contribution >= 0.6 is 0 Å². The quantitative estimate of drug-likeness (QED) is 0.831. The largest absolute Gasteiger partial charge is 0.361 e. The number of benzene rings is 1. The first-order valence-corrected chi connectivity index (χ1v) is 9.75. The third kappa shape index (κ3) is 3.28. The van der Waals surface area contributed by atoms with E-state index in [0.717, 1.165) is 22.9 Å². The van der Waals surface area contributed by atoms with Crippen LogP contribution in [-0.2, 0) is 11.2 Å². The number of hydrazone groups is 1. The van der Waals surface area contributed by atoms with Crippen LogP contribution in [0.2, 0.25) is 0 Å². The van der Waals surface area contributed by atoms with Gasteiger partial charge in [0.2, 0.25) is 5.91 Å². The number of piperidine rings is 1. The van der Waals surface area contributed by atoms with E-state index in [1.54, 1.807) is 0 Å². The summed E-state index contributed by atoms with van der Waals surface area (Å²) in [6.07, 6.45) is 8.23. The van der Waals surface area contributed by atoms with Gasteiger partial charge < -0.3 is 4.98 Å². The predicted molar refractivity (Wildman–Crippen MR) is 105 cm³/mol. The van der Waals surface area contributed by atoms with Crippen molar-refractivity contribution < 1.29 is 4.79 Å². The maximum absolute atomic E-state index is 12.5. The third-order valence-electron chi connectivity index (χ3n) is 6.23. The fourth-order valence-electron chi connectivity index (χ4n) is 4.67. The molecular formula is C21H28N4O. The highest BCUT2D eigenvalue weighted by Crippen LogP contribution is 2.35. The van der Waals surface area contributed by atoms with Crippen LogP contribution in [0.15, 0.2) is 35.6 Å². The Balaban J connectivity index is 1.45. The maximum Gasteiger partial charge on any atom is 0.244 e. The predicted octanol–water partition coefficient (Wildman–Crippen LogP) is 3.47. The lowest BCUT2D eigenvalue weighted by molar-refractivity contribution is -0.120. The fourth-order valence-corrected chi connectivity index (χ4v) is 4.67. The molecule has 5 heteroatoms. The topological polar surface area (TPSA) is 60.5 Å². The Kier molecular flexibility index (Phi) is 4.81. The zero-order chi connectivity index (χ0) is 18.1. The number of amides is 1. The van der Waals surface area contributed by atoms with Crippen molar-refractivity contribution in [2.24, 2.45) is 11.0 Å². The van der Waals surface area contributed by atoms with E-state index in [9.17, 15) is 4.79 Å². The molecule has 138 valence electrons. The van der Waals surface area contributed by atoms with Gasteiger partial charge in [0.25, 0.3) is 0 Å². The highest BCUT2D eigenvalue weighted by atomic mass is 16.2. The van der Waals surface area contributed by atoms with Crippen LogP contribution in [0.4, 0.5) is 0 Å². The summed E-state index contributed by atoms with van der Waals surface area (Å²) in [5.74, 6) is 0.458. The lowest BCUT2D eigenvalue weighted by Crippen LogP contribution is -2.53. The number of carbonyl (C=O) groups excluding carboxylic acids is 1. The number of hydrogen-bond donors (Lipinski definition) is 2. The second-order valence-electron chi connectivity index (χ2n) is 7.85. The molecule has 3 atom stereocenters. The minimum absolute atomic E-state index is 0.0406. The number of para-hydroxylation sites is 1. The molecule has 5 nitrogen and oxygen atoms in total. The van der Waals surface area contributed by atoms with Crippen molar-refractivity contribution in [3.05, 3.63) is 36.0 Å². The van der Waals surface area contributed by atoms with Crippen molar-refractivity contribution >= 4 is 22.5 Å². The summed E-state index contributed by atoms with van der Waals surface area (Å²) in [5.41, 5.74) is 6.11. The Morgan fingerprint density at radius 3 is 3.00 bits per heavy atom. The molecule has 26 heavy (non-hydrogen) atoms. The van der Waals surface area contributed by atoms with Gasteiger partial charge in [0.05, 0.1) is 6.42 Å². The van der Waals surface area contributed by atoms with Crippen LogP contribution in [0.5, 0.6) is 0 Å². The van der Waals surface area contributed by atoms with Crippen molar-refractivity contribution in [1.29, 1.82) is 0 Å². The summed E-state index contributed by atoms with van der Waals surface area (Å²) in [7, 11) is 2.24. The van der Waals surface area contributed by atoms with Gasteiger partial charge >= 0.3 is 0 Å². The van der Waals surface area contributed by atoms with E-state index in [1.165, 1.54) is 31.4 Å². The molecular weight excluding hydrogens is 324 g/mol. The van der Waals surface area contributed by atoms with Gasteiger partial charge in [0, 0.05) is 47.2 Å². The van der Waals surface area contributed by atoms with E-state index < -0.39 is 0 Å². The first kappa shape index (κ1) is 17.3.